The van der Waals surface area contributed by atoms with Crippen LogP contribution in [0.5, 0.6) is 11.6 Å². The number of aromatic nitrogens is 1. The molecule has 2 unspecified atom stereocenters. The summed E-state index contributed by atoms with van der Waals surface area (Å²) < 4.78 is 53.9. The highest BCUT2D eigenvalue weighted by atomic mass is 32.2. The number of hydrogen-bond acceptors (Lipinski definition) is 12. The van der Waals surface area contributed by atoms with Gasteiger partial charge < -0.3 is 34.5 Å². The van der Waals surface area contributed by atoms with Gasteiger partial charge in [-0.05, 0) is 95.2 Å². The molecule has 8 aliphatic rings. The van der Waals surface area contributed by atoms with Crippen LogP contribution in [-0.2, 0) is 40.3 Å². The molecule has 4 bridgehead atoms. The summed E-state index contributed by atoms with van der Waals surface area (Å²) in [7, 11) is -4.02. The Morgan fingerprint density at radius 3 is 2.39 bits per heavy atom. The monoisotopic (exact) mass is 944 g/mol. The number of fused-ring (bicyclic) bond motifs is 7. The van der Waals surface area contributed by atoms with Gasteiger partial charge in [-0.3, -0.25) is 24.0 Å². The first-order valence-electron chi connectivity index (χ1n) is 25.2. The molecular formula is C50H68N6O10S. The third-order valence-corrected chi connectivity index (χ3v) is 18.6. The van der Waals surface area contributed by atoms with E-state index in [2.05, 4.69) is 39.8 Å². The lowest BCUT2D eigenvalue weighted by molar-refractivity contribution is -0.142. The number of ether oxygens (including phenoxy) is 4. The fraction of sp³-hybridized carbons (Fsp3) is 0.700. The zero-order valence-corrected chi connectivity index (χ0v) is 39.9. The van der Waals surface area contributed by atoms with E-state index in [9.17, 15) is 22.8 Å². The SMILES string of the molecule is C=C[C@@H]1C[C@]1(NC(=O)[C@@H]1C[C@@H]2CN1C(=O)[C@H](C1CCCCC1)NC(=O)O[C@@H]1C[C@H]1CCCCCc1c(nc3ccccc3c1OC1CC3COCC(C1)N3CC)O2)C(=O)NS(=O)(=O)C1(C)CC1. The number of pyridine rings is 1. The zero-order valence-electron chi connectivity index (χ0n) is 39.0. The molecule has 4 aliphatic carbocycles. The minimum atomic E-state index is -4.02. The van der Waals surface area contributed by atoms with E-state index >= 15 is 4.79 Å². The van der Waals surface area contributed by atoms with Gasteiger partial charge in [0, 0.05) is 42.7 Å². The molecule has 16 nitrogen and oxygen atoms in total. The number of nitrogens with one attached hydrogen (secondary N) is 3. The van der Waals surface area contributed by atoms with Crippen molar-refractivity contribution in [3.8, 4) is 11.6 Å². The van der Waals surface area contributed by atoms with Crippen LogP contribution < -0.4 is 24.8 Å². The topological polar surface area (TPSA) is 195 Å². The molecule has 2 aromatic rings. The molecule has 10 rings (SSSR count). The van der Waals surface area contributed by atoms with E-state index in [1.807, 2.05) is 18.2 Å². The molecule has 0 radical (unpaired) electrons. The Morgan fingerprint density at radius 2 is 1.69 bits per heavy atom. The molecule has 9 atom stereocenters. The molecule has 5 heterocycles. The smallest absolute Gasteiger partial charge is 0.408 e. The molecule has 1 aromatic heterocycles. The normalized spacial score (nSPS) is 34.4. The lowest BCUT2D eigenvalue weighted by atomic mass is 9.83. The third-order valence-electron chi connectivity index (χ3n) is 16.5. The number of hydrogen-bond donors (Lipinski definition) is 3. The van der Waals surface area contributed by atoms with Gasteiger partial charge in [-0.1, -0.05) is 57.2 Å². The van der Waals surface area contributed by atoms with E-state index in [-0.39, 0.29) is 55.5 Å². The number of likely N-dealkylation sites (N-methyl/N-ethyl adjacent to an activating group) is 1. The van der Waals surface area contributed by atoms with Crippen LogP contribution in [0.25, 0.3) is 10.9 Å². The largest absolute Gasteiger partial charge is 0.489 e. The summed E-state index contributed by atoms with van der Waals surface area (Å²) in [4.78, 5) is 66.8. The van der Waals surface area contributed by atoms with Gasteiger partial charge in [-0.25, -0.2) is 18.2 Å². The molecule has 364 valence electrons. The average Bonchev–Trinajstić information content (AvgIpc) is 4.28. The Hall–Kier alpha value is -4.48. The number of rotatable bonds is 10. The Labute approximate surface area is 394 Å². The van der Waals surface area contributed by atoms with Gasteiger partial charge in [0.25, 0.3) is 5.91 Å². The number of benzene rings is 1. The number of carbonyl (C=O) groups is 4. The highest BCUT2D eigenvalue weighted by Crippen LogP contribution is 2.48. The van der Waals surface area contributed by atoms with Crippen molar-refractivity contribution in [1.82, 2.24) is 30.1 Å². The van der Waals surface area contributed by atoms with Gasteiger partial charge in [-0.2, -0.15) is 0 Å². The minimum Gasteiger partial charge on any atom is -0.489 e. The molecule has 7 fully saturated rings. The number of amides is 4. The van der Waals surface area contributed by atoms with Crippen molar-refractivity contribution in [3.05, 3.63) is 42.5 Å². The number of para-hydroxylation sites is 1. The van der Waals surface area contributed by atoms with Crippen molar-refractivity contribution in [2.75, 3.05) is 26.3 Å². The quantitative estimate of drug-likeness (QED) is 0.256. The molecule has 3 N–H and O–H groups in total. The van der Waals surface area contributed by atoms with Gasteiger partial charge in [0.05, 0.1) is 35.6 Å². The Balaban J connectivity index is 0.997. The molecule has 4 saturated carbocycles. The van der Waals surface area contributed by atoms with Crippen LogP contribution in [0.4, 0.5) is 4.79 Å². The van der Waals surface area contributed by atoms with Crippen molar-refractivity contribution in [1.29, 1.82) is 0 Å². The minimum absolute atomic E-state index is 0.00135. The maximum atomic E-state index is 15.2. The van der Waals surface area contributed by atoms with E-state index < -0.39 is 68.2 Å². The fourth-order valence-corrected chi connectivity index (χ4v) is 13.2. The first-order chi connectivity index (χ1) is 32.3. The lowest BCUT2D eigenvalue weighted by Gasteiger charge is -2.48. The number of alkyl carbamates (subject to hydrolysis) is 1. The van der Waals surface area contributed by atoms with E-state index in [0.717, 1.165) is 100 Å². The summed E-state index contributed by atoms with van der Waals surface area (Å²) in [5, 5.41) is 6.80. The number of piperidine rings is 1. The molecule has 3 saturated heterocycles. The van der Waals surface area contributed by atoms with Crippen LogP contribution in [0.15, 0.2) is 36.9 Å². The molecule has 1 aromatic carbocycles. The van der Waals surface area contributed by atoms with Crippen LogP contribution in [-0.4, -0.2) is 126 Å². The summed E-state index contributed by atoms with van der Waals surface area (Å²) in [5.74, 6) is -1.16. The summed E-state index contributed by atoms with van der Waals surface area (Å²) in [5.41, 5.74) is -0.00188. The van der Waals surface area contributed by atoms with E-state index in [1.54, 1.807) is 13.0 Å². The Morgan fingerprint density at radius 1 is 0.970 bits per heavy atom. The number of carbonyl (C=O) groups excluding carboxylic acids is 4. The molecular weight excluding hydrogens is 877 g/mol. The summed E-state index contributed by atoms with van der Waals surface area (Å²) >= 11 is 0. The zero-order chi connectivity index (χ0) is 46.7. The summed E-state index contributed by atoms with van der Waals surface area (Å²) in [6.45, 7) is 9.97. The highest BCUT2D eigenvalue weighted by Gasteiger charge is 2.63. The van der Waals surface area contributed by atoms with Gasteiger partial charge in [0.1, 0.15) is 41.7 Å². The maximum absolute atomic E-state index is 15.2. The van der Waals surface area contributed by atoms with Gasteiger partial charge in [0.2, 0.25) is 27.7 Å². The molecule has 4 aliphatic heterocycles. The number of sulfonamides is 1. The summed E-state index contributed by atoms with van der Waals surface area (Å²) in [6, 6.07) is 6.37. The average molecular weight is 945 g/mol. The van der Waals surface area contributed by atoms with Crippen molar-refractivity contribution in [2.24, 2.45) is 17.8 Å². The molecule has 4 amide bonds. The Bertz CT molecular complexity index is 2360. The van der Waals surface area contributed by atoms with Crippen molar-refractivity contribution >= 4 is 44.7 Å². The summed E-state index contributed by atoms with van der Waals surface area (Å²) in [6.07, 6.45) is 12.0. The van der Waals surface area contributed by atoms with Gasteiger partial charge >= 0.3 is 6.09 Å². The second-order valence-corrected chi connectivity index (χ2v) is 23.3. The van der Waals surface area contributed by atoms with Crippen molar-refractivity contribution in [2.45, 2.75) is 176 Å². The first-order valence-corrected chi connectivity index (χ1v) is 26.7. The van der Waals surface area contributed by atoms with Crippen LogP contribution in [0, 0.1) is 17.8 Å². The second-order valence-electron chi connectivity index (χ2n) is 21.1. The second kappa shape index (κ2) is 18.4. The Kier molecular flexibility index (Phi) is 12.7. The van der Waals surface area contributed by atoms with E-state index in [1.165, 1.54) is 4.90 Å². The molecule has 0 spiro atoms. The van der Waals surface area contributed by atoms with Crippen molar-refractivity contribution in [3.63, 3.8) is 0 Å². The molecule has 67 heavy (non-hydrogen) atoms. The van der Waals surface area contributed by atoms with Gasteiger partial charge in [-0.15, -0.1) is 6.58 Å². The highest BCUT2D eigenvalue weighted by molar-refractivity contribution is 7.91. The van der Waals surface area contributed by atoms with Crippen LogP contribution in [0.1, 0.15) is 122 Å². The van der Waals surface area contributed by atoms with E-state index in [0.29, 0.717) is 43.9 Å². The molecule has 17 heteroatoms. The lowest BCUT2D eigenvalue weighted by Crippen LogP contribution is -2.59. The number of nitrogens with zero attached hydrogens (tertiary/aromatic N) is 3. The predicted molar refractivity (Wildman–Crippen MR) is 249 cm³/mol. The standard InChI is InChI=1S/C50H68N6O10S/c1-4-32-26-50(32,47(59)54-67(61,62)49(3)20-21-49)53-44(57)40-25-36-27-56(40)46(58)42(30-14-8-6-9-15-30)52-48(60)66-41-22-31(41)16-10-7-11-18-38-43(37-17-12-13-19-39(37)51-45(38)65-36)64-35-23-33-28-63-29-34(24-35)55(33)5-2/h4,12-13,17,19,30-36,40-42H,1,5-11,14-16,18,20-29H2,2-3H3,(H,52,60)(H,53,57)(H,54,59)/t31-,32-,33?,34?,35?,36-,40+,41-,42+,50-/m1/s1. The van der Waals surface area contributed by atoms with Crippen LogP contribution in [0.3, 0.4) is 0 Å². The maximum Gasteiger partial charge on any atom is 0.408 e. The number of morpholine rings is 1. The van der Waals surface area contributed by atoms with Crippen LogP contribution >= 0.6 is 0 Å². The van der Waals surface area contributed by atoms with Crippen molar-refractivity contribution < 1.29 is 46.5 Å². The fourth-order valence-electron chi connectivity index (χ4n) is 11.9. The predicted octanol–water partition coefficient (Wildman–Crippen LogP) is 5.45. The third kappa shape index (κ3) is 9.25. The van der Waals surface area contributed by atoms with Gasteiger partial charge in [0.15, 0.2) is 0 Å². The first kappa shape index (κ1) is 46.3. The van der Waals surface area contributed by atoms with E-state index in [4.69, 9.17) is 23.9 Å². The van der Waals surface area contributed by atoms with Crippen LogP contribution in [0.2, 0.25) is 0 Å².